The standard InChI is InChI=1S/C10H8O6S3/c11-18(12,13)9-3-1-2-7-8(9)4-6(17)5-10(7)19(14,15)16/h1-5,17H,(H,11,12,13)(H,14,15,16). The van der Waals surface area contributed by atoms with Crippen molar-refractivity contribution in [2.45, 2.75) is 14.7 Å². The maximum absolute atomic E-state index is 11.3. The number of benzene rings is 2. The van der Waals surface area contributed by atoms with Gasteiger partial charge in [-0.1, -0.05) is 12.1 Å². The molecule has 0 aliphatic heterocycles. The van der Waals surface area contributed by atoms with E-state index >= 15 is 0 Å². The van der Waals surface area contributed by atoms with Gasteiger partial charge in [-0.05, 0) is 18.2 Å². The zero-order valence-corrected chi connectivity index (χ0v) is 11.7. The highest BCUT2D eigenvalue weighted by Crippen LogP contribution is 2.30. The number of thiol groups is 1. The summed E-state index contributed by atoms with van der Waals surface area (Å²) in [6.45, 7) is 0. The molecule has 0 unspecified atom stereocenters. The first-order chi connectivity index (χ1) is 8.60. The summed E-state index contributed by atoms with van der Waals surface area (Å²) >= 11 is 3.95. The van der Waals surface area contributed by atoms with Crippen molar-refractivity contribution < 1.29 is 25.9 Å². The Balaban J connectivity index is 3.07. The first kappa shape index (κ1) is 14.3. The highest BCUT2D eigenvalue weighted by molar-refractivity contribution is 7.86. The molecule has 0 aliphatic carbocycles. The van der Waals surface area contributed by atoms with Gasteiger partial charge in [-0.2, -0.15) is 16.8 Å². The zero-order valence-electron chi connectivity index (χ0n) is 9.18. The molecule has 0 aliphatic rings. The van der Waals surface area contributed by atoms with E-state index in [0.717, 1.165) is 12.1 Å². The number of fused-ring (bicyclic) bond motifs is 1. The van der Waals surface area contributed by atoms with Crippen LogP contribution < -0.4 is 0 Å². The van der Waals surface area contributed by atoms with Crippen LogP contribution in [0.4, 0.5) is 0 Å². The van der Waals surface area contributed by atoms with E-state index in [9.17, 15) is 16.8 Å². The first-order valence-corrected chi connectivity index (χ1v) is 8.14. The Morgan fingerprint density at radius 2 is 1.42 bits per heavy atom. The lowest BCUT2D eigenvalue weighted by atomic mass is 10.1. The molecule has 0 aromatic heterocycles. The van der Waals surface area contributed by atoms with E-state index in [-0.39, 0.29) is 15.7 Å². The average Bonchev–Trinajstić information content (AvgIpc) is 2.24. The third kappa shape index (κ3) is 2.74. The van der Waals surface area contributed by atoms with Gasteiger partial charge < -0.3 is 0 Å². The average molecular weight is 320 g/mol. The quantitative estimate of drug-likeness (QED) is 0.573. The van der Waals surface area contributed by atoms with Gasteiger partial charge in [-0.25, -0.2) is 0 Å². The normalized spacial score (nSPS) is 12.8. The van der Waals surface area contributed by atoms with Crippen LogP contribution in [0.15, 0.2) is 45.0 Å². The summed E-state index contributed by atoms with van der Waals surface area (Å²) in [5.74, 6) is 0. The van der Waals surface area contributed by atoms with Crippen molar-refractivity contribution in [3.05, 3.63) is 30.3 Å². The molecule has 0 saturated carbocycles. The van der Waals surface area contributed by atoms with Crippen LogP contribution in [0.5, 0.6) is 0 Å². The van der Waals surface area contributed by atoms with Crippen molar-refractivity contribution in [2.75, 3.05) is 0 Å². The Bertz CT molecular complexity index is 868. The molecular formula is C10H8O6S3. The highest BCUT2D eigenvalue weighted by Gasteiger charge is 2.20. The lowest BCUT2D eigenvalue weighted by Crippen LogP contribution is -2.03. The first-order valence-electron chi connectivity index (χ1n) is 4.81. The van der Waals surface area contributed by atoms with Crippen molar-refractivity contribution in [3.8, 4) is 0 Å². The number of hydrogen-bond donors (Lipinski definition) is 3. The van der Waals surface area contributed by atoms with E-state index < -0.39 is 30.0 Å². The summed E-state index contributed by atoms with van der Waals surface area (Å²) in [4.78, 5) is -0.789. The SMILES string of the molecule is O=S(=O)(O)c1cc(S)cc2c(S(=O)(=O)O)cccc12. The van der Waals surface area contributed by atoms with Crippen LogP contribution in [0.1, 0.15) is 0 Å². The van der Waals surface area contributed by atoms with Gasteiger partial charge in [0.05, 0.1) is 0 Å². The fraction of sp³-hybridized carbons (Fsp3) is 0. The van der Waals surface area contributed by atoms with E-state index in [0.29, 0.717) is 0 Å². The summed E-state index contributed by atoms with van der Waals surface area (Å²) in [6, 6.07) is 6.09. The second kappa shape index (κ2) is 4.46. The maximum Gasteiger partial charge on any atom is 0.295 e. The maximum atomic E-state index is 11.3. The van der Waals surface area contributed by atoms with Gasteiger partial charge in [-0.15, -0.1) is 12.6 Å². The van der Waals surface area contributed by atoms with Crippen LogP contribution in [0, 0.1) is 0 Å². The number of hydrogen-bond acceptors (Lipinski definition) is 5. The zero-order chi connectivity index (χ0) is 14.4. The fourth-order valence-electron chi connectivity index (χ4n) is 1.75. The van der Waals surface area contributed by atoms with Gasteiger partial charge >= 0.3 is 0 Å². The summed E-state index contributed by atoms with van der Waals surface area (Å²) < 4.78 is 63.3. The van der Waals surface area contributed by atoms with Crippen molar-refractivity contribution in [1.82, 2.24) is 0 Å². The molecule has 19 heavy (non-hydrogen) atoms. The fourth-order valence-corrected chi connectivity index (χ4v) is 3.52. The van der Waals surface area contributed by atoms with Crippen molar-refractivity contribution in [2.24, 2.45) is 0 Å². The monoisotopic (exact) mass is 320 g/mol. The molecule has 0 heterocycles. The second-order valence-corrected chi connectivity index (χ2v) is 7.04. The van der Waals surface area contributed by atoms with Crippen LogP contribution >= 0.6 is 12.6 Å². The predicted molar refractivity (Wildman–Crippen MR) is 70.8 cm³/mol. The van der Waals surface area contributed by atoms with Gasteiger partial charge in [0.15, 0.2) is 0 Å². The molecule has 0 radical (unpaired) electrons. The van der Waals surface area contributed by atoms with Crippen molar-refractivity contribution >= 4 is 43.6 Å². The number of rotatable bonds is 2. The molecule has 2 aromatic rings. The lowest BCUT2D eigenvalue weighted by Gasteiger charge is -2.08. The Hall–Kier alpha value is -1.13. The summed E-state index contributed by atoms with van der Waals surface area (Å²) in [6.07, 6.45) is 0. The van der Waals surface area contributed by atoms with Gasteiger partial charge in [-0.3, -0.25) is 9.11 Å². The summed E-state index contributed by atoms with van der Waals surface area (Å²) in [7, 11) is -9.06. The molecule has 0 fully saturated rings. The molecule has 0 spiro atoms. The van der Waals surface area contributed by atoms with Gasteiger partial charge in [0.1, 0.15) is 9.79 Å². The second-order valence-electron chi connectivity index (χ2n) is 3.75. The van der Waals surface area contributed by atoms with Crippen molar-refractivity contribution in [3.63, 3.8) is 0 Å². The molecule has 2 N–H and O–H groups in total. The molecule has 0 saturated heterocycles. The molecule has 0 bridgehead atoms. The molecule has 2 aromatic carbocycles. The molecule has 9 heteroatoms. The molecule has 0 atom stereocenters. The summed E-state index contributed by atoms with van der Waals surface area (Å²) in [5, 5.41) is -0.0550. The van der Waals surface area contributed by atoms with Crippen LogP contribution in [-0.2, 0) is 20.2 Å². The minimum Gasteiger partial charge on any atom is -0.282 e. The Morgan fingerprint density at radius 1 is 0.842 bits per heavy atom. The lowest BCUT2D eigenvalue weighted by molar-refractivity contribution is 0.481. The smallest absolute Gasteiger partial charge is 0.282 e. The Morgan fingerprint density at radius 3 is 1.95 bits per heavy atom. The van der Waals surface area contributed by atoms with Crippen molar-refractivity contribution in [1.29, 1.82) is 0 Å². The molecule has 102 valence electrons. The molecular weight excluding hydrogens is 312 g/mol. The predicted octanol–water partition coefficient (Wildman–Crippen LogP) is 1.62. The molecule has 6 nitrogen and oxygen atoms in total. The van der Waals surface area contributed by atoms with Crippen LogP contribution in [0.3, 0.4) is 0 Å². The van der Waals surface area contributed by atoms with Crippen LogP contribution in [-0.4, -0.2) is 25.9 Å². The molecule has 2 rings (SSSR count). The van der Waals surface area contributed by atoms with E-state index in [2.05, 4.69) is 12.6 Å². The Labute approximate surface area is 115 Å². The van der Waals surface area contributed by atoms with E-state index in [1.54, 1.807) is 0 Å². The third-order valence-corrected chi connectivity index (χ3v) is 4.52. The summed E-state index contributed by atoms with van der Waals surface area (Å²) in [5.41, 5.74) is 0. The Kier molecular flexibility index (Phi) is 3.35. The van der Waals surface area contributed by atoms with Crippen LogP contribution in [0.2, 0.25) is 0 Å². The van der Waals surface area contributed by atoms with E-state index in [1.807, 2.05) is 0 Å². The van der Waals surface area contributed by atoms with E-state index in [1.165, 1.54) is 18.2 Å². The van der Waals surface area contributed by atoms with E-state index in [4.69, 9.17) is 9.11 Å². The topological polar surface area (TPSA) is 109 Å². The minimum atomic E-state index is -4.54. The van der Waals surface area contributed by atoms with Crippen LogP contribution in [0.25, 0.3) is 10.8 Å². The highest BCUT2D eigenvalue weighted by atomic mass is 32.2. The minimum absolute atomic E-state index is 0.0181. The van der Waals surface area contributed by atoms with Gasteiger partial charge in [0.25, 0.3) is 20.2 Å². The van der Waals surface area contributed by atoms with Gasteiger partial charge in [0.2, 0.25) is 0 Å². The third-order valence-electron chi connectivity index (χ3n) is 2.46. The largest absolute Gasteiger partial charge is 0.295 e. The van der Waals surface area contributed by atoms with Gasteiger partial charge in [0, 0.05) is 15.7 Å². The molecule has 0 amide bonds.